The van der Waals surface area contributed by atoms with E-state index < -0.39 is 0 Å². The minimum Gasteiger partial charge on any atom is -0.394 e. The van der Waals surface area contributed by atoms with Crippen LogP contribution in [-0.2, 0) is 4.74 Å². The molecule has 0 saturated carbocycles. The molecule has 0 fully saturated rings. The van der Waals surface area contributed by atoms with E-state index in [2.05, 4.69) is 24.3 Å². The van der Waals surface area contributed by atoms with Gasteiger partial charge in [-0.3, -0.25) is 9.48 Å². The summed E-state index contributed by atoms with van der Waals surface area (Å²) < 4.78 is 7.05. The molecule has 0 aliphatic rings. The summed E-state index contributed by atoms with van der Waals surface area (Å²) in [6.07, 6.45) is 2.01. The van der Waals surface area contributed by atoms with Crippen LogP contribution >= 0.6 is 0 Å². The highest BCUT2D eigenvalue weighted by Gasteiger charge is 2.11. The maximum Gasteiger partial charge on any atom is 0.251 e. The fraction of sp³-hybridized carbons (Fsp3) is 0.444. The van der Waals surface area contributed by atoms with Gasteiger partial charge >= 0.3 is 0 Å². The van der Waals surface area contributed by atoms with Crippen LogP contribution < -0.4 is 5.32 Å². The Kier molecular flexibility index (Phi) is 6.52. The van der Waals surface area contributed by atoms with E-state index in [4.69, 9.17) is 9.84 Å². The lowest BCUT2D eigenvalue weighted by molar-refractivity contribution is 0.0838. The van der Waals surface area contributed by atoms with Gasteiger partial charge in [0, 0.05) is 29.9 Å². The predicted molar refractivity (Wildman–Crippen MR) is 93.0 cm³/mol. The molecule has 24 heavy (non-hydrogen) atoms. The summed E-state index contributed by atoms with van der Waals surface area (Å²) in [5.41, 5.74) is 3.55. The number of amides is 1. The number of nitrogens with zero attached hydrogens (tertiary/aromatic N) is 2. The molecule has 0 radical (unpaired) electrons. The van der Waals surface area contributed by atoms with E-state index in [1.807, 2.05) is 36.0 Å². The number of ether oxygens (including phenoxy) is 1. The van der Waals surface area contributed by atoms with Gasteiger partial charge in [0.15, 0.2) is 0 Å². The SMILES string of the molecule is Cc1nn(C(C)C)cc1-c1cccc(C(=O)NCCOCCO)c1. The fourth-order valence-electron chi connectivity index (χ4n) is 2.36. The summed E-state index contributed by atoms with van der Waals surface area (Å²) in [5.74, 6) is -0.140. The van der Waals surface area contributed by atoms with Crippen LogP contribution in [0.4, 0.5) is 0 Å². The van der Waals surface area contributed by atoms with E-state index in [9.17, 15) is 4.79 Å². The van der Waals surface area contributed by atoms with Crippen LogP contribution in [0.3, 0.4) is 0 Å². The molecule has 0 atom stereocenters. The van der Waals surface area contributed by atoms with E-state index in [-0.39, 0.29) is 19.1 Å². The van der Waals surface area contributed by atoms with Gasteiger partial charge in [-0.2, -0.15) is 5.10 Å². The average molecular weight is 331 g/mol. The first kappa shape index (κ1) is 18.2. The van der Waals surface area contributed by atoms with Crippen molar-refractivity contribution in [1.82, 2.24) is 15.1 Å². The molecule has 1 heterocycles. The molecule has 0 spiro atoms. The normalized spacial score (nSPS) is 11.0. The zero-order valence-electron chi connectivity index (χ0n) is 14.5. The van der Waals surface area contributed by atoms with Crippen molar-refractivity contribution in [3.8, 4) is 11.1 Å². The summed E-state index contributed by atoms with van der Waals surface area (Å²) in [6.45, 7) is 7.20. The summed E-state index contributed by atoms with van der Waals surface area (Å²) in [4.78, 5) is 12.2. The monoisotopic (exact) mass is 331 g/mol. The van der Waals surface area contributed by atoms with Crippen LogP contribution in [0, 0.1) is 6.92 Å². The maximum absolute atomic E-state index is 12.2. The Labute approximate surface area is 142 Å². The van der Waals surface area contributed by atoms with Crippen molar-refractivity contribution in [2.24, 2.45) is 0 Å². The van der Waals surface area contributed by atoms with E-state index in [0.717, 1.165) is 16.8 Å². The molecule has 1 aromatic carbocycles. The number of hydrogen-bond donors (Lipinski definition) is 2. The minimum absolute atomic E-state index is 0.0145. The average Bonchev–Trinajstić information content (AvgIpc) is 2.97. The second kappa shape index (κ2) is 8.61. The van der Waals surface area contributed by atoms with Gasteiger partial charge in [0.25, 0.3) is 5.91 Å². The molecular formula is C18H25N3O3. The Morgan fingerprint density at radius 2 is 2.17 bits per heavy atom. The van der Waals surface area contributed by atoms with Crippen molar-refractivity contribution in [3.63, 3.8) is 0 Å². The number of carbonyl (C=O) groups is 1. The number of aryl methyl sites for hydroxylation is 1. The number of aliphatic hydroxyl groups is 1. The van der Waals surface area contributed by atoms with Crippen LogP contribution in [0.2, 0.25) is 0 Å². The zero-order valence-corrected chi connectivity index (χ0v) is 14.5. The number of nitrogens with one attached hydrogen (secondary N) is 1. The number of rotatable bonds is 8. The quantitative estimate of drug-likeness (QED) is 0.727. The van der Waals surface area contributed by atoms with Gasteiger partial charge in [-0.25, -0.2) is 0 Å². The van der Waals surface area contributed by atoms with Gasteiger partial charge in [0.1, 0.15) is 0 Å². The summed E-state index contributed by atoms with van der Waals surface area (Å²) in [6, 6.07) is 7.81. The molecule has 2 aromatic rings. The zero-order chi connectivity index (χ0) is 17.5. The number of aliphatic hydroxyl groups excluding tert-OH is 1. The van der Waals surface area contributed by atoms with Crippen molar-refractivity contribution in [2.45, 2.75) is 26.8 Å². The Balaban J connectivity index is 2.07. The van der Waals surface area contributed by atoms with Gasteiger partial charge in [-0.1, -0.05) is 12.1 Å². The first-order chi connectivity index (χ1) is 11.5. The van der Waals surface area contributed by atoms with Crippen LogP contribution in [0.5, 0.6) is 0 Å². The fourth-order valence-corrected chi connectivity index (χ4v) is 2.36. The largest absolute Gasteiger partial charge is 0.394 e. The van der Waals surface area contributed by atoms with E-state index in [1.54, 1.807) is 6.07 Å². The smallest absolute Gasteiger partial charge is 0.251 e. The van der Waals surface area contributed by atoms with Gasteiger partial charge in [-0.05, 0) is 38.5 Å². The Morgan fingerprint density at radius 1 is 1.38 bits per heavy atom. The highest BCUT2D eigenvalue weighted by atomic mass is 16.5. The molecule has 6 nitrogen and oxygen atoms in total. The lowest BCUT2D eigenvalue weighted by atomic mass is 10.0. The van der Waals surface area contributed by atoms with Crippen molar-refractivity contribution in [2.75, 3.05) is 26.4 Å². The summed E-state index contributed by atoms with van der Waals surface area (Å²) in [7, 11) is 0. The first-order valence-electron chi connectivity index (χ1n) is 8.16. The maximum atomic E-state index is 12.2. The Bertz CT molecular complexity index is 680. The summed E-state index contributed by atoms with van der Waals surface area (Å²) >= 11 is 0. The van der Waals surface area contributed by atoms with Crippen molar-refractivity contribution in [1.29, 1.82) is 0 Å². The molecule has 130 valence electrons. The number of carbonyl (C=O) groups excluding carboxylic acids is 1. The third kappa shape index (κ3) is 4.66. The topological polar surface area (TPSA) is 76.4 Å². The van der Waals surface area contributed by atoms with Crippen LogP contribution in [0.15, 0.2) is 30.5 Å². The standard InChI is InChI=1S/C18H25N3O3/c1-13(2)21-12-17(14(3)20-21)15-5-4-6-16(11-15)18(23)19-7-9-24-10-8-22/h4-6,11-13,22H,7-10H2,1-3H3,(H,19,23). The van der Waals surface area contributed by atoms with E-state index >= 15 is 0 Å². The Morgan fingerprint density at radius 3 is 2.83 bits per heavy atom. The lowest BCUT2D eigenvalue weighted by Gasteiger charge is -2.07. The molecule has 0 unspecified atom stereocenters. The molecular weight excluding hydrogens is 306 g/mol. The molecule has 0 aliphatic heterocycles. The van der Waals surface area contributed by atoms with E-state index in [1.165, 1.54) is 0 Å². The highest BCUT2D eigenvalue weighted by molar-refractivity contribution is 5.95. The lowest BCUT2D eigenvalue weighted by Crippen LogP contribution is -2.27. The molecule has 2 rings (SSSR count). The third-order valence-corrected chi connectivity index (χ3v) is 3.65. The number of aromatic nitrogens is 2. The van der Waals surface area contributed by atoms with Gasteiger partial charge in [-0.15, -0.1) is 0 Å². The predicted octanol–water partition coefficient (Wildman–Crippen LogP) is 2.18. The van der Waals surface area contributed by atoms with Gasteiger partial charge in [0.05, 0.1) is 25.5 Å². The van der Waals surface area contributed by atoms with Crippen LogP contribution in [0.25, 0.3) is 11.1 Å². The van der Waals surface area contributed by atoms with Crippen LogP contribution in [-0.4, -0.2) is 47.2 Å². The molecule has 0 saturated heterocycles. The number of hydrogen-bond acceptors (Lipinski definition) is 4. The molecule has 0 aliphatic carbocycles. The Hall–Kier alpha value is -2.18. The number of benzene rings is 1. The summed E-state index contributed by atoms with van der Waals surface area (Å²) in [5, 5.41) is 16.0. The highest BCUT2D eigenvalue weighted by Crippen LogP contribution is 2.24. The van der Waals surface area contributed by atoms with Gasteiger partial charge < -0.3 is 15.2 Å². The molecule has 1 aromatic heterocycles. The molecule has 6 heteroatoms. The molecule has 1 amide bonds. The molecule has 0 bridgehead atoms. The van der Waals surface area contributed by atoms with Crippen LogP contribution in [0.1, 0.15) is 35.9 Å². The third-order valence-electron chi connectivity index (χ3n) is 3.65. The van der Waals surface area contributed by atoms with E-state index in [0.29, 0.717) is 24.8 Å². The second-order valence-corrected chi connectivity index (χ2v) is 5.87. The van der Waals surface area contributed by atoms with Crippen molar-refractivity contribution in [3.05, 3.63) is 41.7 Å². The second-order valence-electron chi connectivity index (χ2n) is 5.87. The van der Waals surface area contributed by atoms with Crippen molar-refractivity contribution < 1.29 is 14.6 Å². The van der Waals surface area contributed by atoms with Gasteiger partial charge in [0.2, 0.25) is 0 Å². The molecule has 2 N–H and O–H groups in total. The first-order valence-corrected chi connectivity index (χ1v) is 8.16. The minimum atomic E-state index is -0.140. The van der Waals surface area contributed by atoms with Crippen molar-refractivity contribution >= 4 is 5.91 Å².